The van der Waals surface area contributed by atoms with Crippen molar-refractivity contribution in [3.05, 3.63) is 34.9 Å². The third-order valence-electron chi connectivity index (χ3n) is 4.76. The van der Waals surface area contributed by atoms with Gasteiger partial charge in [-0.3, -0.25) is 4.79 Å². The minimum Gasteiger partial charge on any atom is -0.388 e. The highest BCUT2D eigenvalue weighted by Gasteiger charge is 2.33. The molecule has 1 aromatic rings. The van der Waals surface area contributed by atoms with E-state index in [1.807, 2.05) is 12.1 Å². The van der Waals surface area contributed by atoms with Crippen LogP contribution in [-0.2, 0) is 12.8 Å². The fourth-order valence-electron chi connectivity index (χ4n) is 3.63. The topological polar surface area (TPSA) is 40.5 Å². The van der Waals surface area contributed by atoms with Crippen LogP contribution in [0.3, 0.4) is 0 Å². The lowest BCUT2D eigenvalue weighted by Crippen LogP contribution is -2.42. The van der Waals surface area contributed by atoms with E-state index in [0.29, 0.717) is 6.54 Å². The second kappa shape index (κ2) is 5.21. The molecule has 1 saturated carbocycles. The Hall–Kier alpha value is -1.35. The van der Waals surface area contributed by atoms with Gasteiger partial charge in [-0.25, -0.2) is 0 Å². The van der Waals surface area contributed by atoms with E-state index in [1.54, 1.807) is 11.9 Å². The Bertz CT molecular complexity index is 518. The van der Waals surface area contributed by atoms with Gasteiger partial charge in [0.15, 0.2) is 0 Å². The largest absolute Gasteiger partial charge is 0.388 e. The lowest BCUT2D eigenvalue weighted by Gasteiger charge is -2.28. The number of rotatable bonds is 3. The van der Waals surface area contributed by atoms with Gasteiger partial charge in [0.2, 0.25) is 0 Å². The maximum atomic E-state index is 12.5. The third kappa shape index (κ3) is 2.59. The minimum atomic E-state index is -0.666. The van der Waals surface area contributed by atoms with Crippen LogP contribution in [-0.4, -0.2) is 35.1 Å². The first-order valence-corrected chi connectivity index (χ1v) is 7.67. The van der Waals surface area contributed by atoms with E-state index in [4.69, 9.17) is 0 Å². The fourth-order valence-corrected chi connectivity index (χ4v) is 3.63. The smallest absolute Gasteiger partial charge is 0.253 e. The molecule has 3 heteroatoms. The summed E-state index contributed by atoms with van der Waals surface area (Å²) in [6.45, 7) is 0.447. The number of carbonyl (C=O) groups is 1. The van der Waals surface area contributed by atoms with E-state index in [-0.39, 0.29) is 5.91 Å². The first-order chi connectivity index (χ1) is 9.57. The van der Waals surface area contributed by atoms with Crippen LogP contribution in [0, 0.1) is 0 Å². The van der Waals surface area contributed by atoms with Gasteiger partial charge in [0.05, 0.1) is 5.60 Å². The van der Waals surface area contributed by atoms with Crippen molar-refractivity contribution < 1.29 is 9.90 Å². The molecule has 0 aliphatic heterocycles. The number of hydrogen-bond acceptors (Lipinski definition) is 2. The van der Waals surface area contributed by atoms with Gasteiger partial charge in [0, 0.05) is 19.2 Å². The highest BCUT2D eigenvalue weighted by atomic mass is 16.3. The maximum Gasteiger partial charge on any atom is 0.253 e. The molecule has 108 valence electrons. The molecular weight excluding hydrogens is 250 g/mol. The number of benzene rings is 1. The van der Waals surface area contributed by atoms with Gasteiger partial charge in [-0.05, 0) is 55.4 Å². The molecule has 0 heterocycles. The molecule has 1 N–H and O–H groups in total. The molecule has 0 atom stereocenters. The molecule has 0 unspecified atom stereocenters. The number of fused-ring (bicyclic) bond motifs is 1. The summed E-state index contributed by atoms with van der Waals surface area (Å²) in [6, 6.07) is 6.06. The molecule has 0 bridgehead atoms. The number of carbonyl (C=O) groups excluding carboxylic acids is 1. The summed E-state index contributed by atoms with van der Waals surface area (Å²) in [6.07, 6.45) is 7.18. The van der Waals surface area contributed by atoms with Crippen molar-refractivity contribution in [1.29, 1.82) is 0 Å². The molecule has 3 nitrogen and oxygen atoms in total. The quantitative estimate of drug-likeness (QED) is 0.919. The van der Waals surface area contributed by atoms with Crippen LogP contribution >= 0.6 is 0 Å². The van der Waals surface area contributed by atoms with Gasteiger partial charge < -0.3 is 10.0 Å². The predicted octanol–water partition coefficient (Wildman–Crippen LogP) is 2.55. The molecular formula is C17H23NO2. The fraction of sp³-hybridized carbons (Fsp3) is 0.588. The van der Waals surface area contributed by atoms with Gasteiger partial charge in [-0.1, -0.05) is 18.9 Å². The first kappa shape index (κ1) is 13.6. The lowest BCUT2D eigenvalue weighted by atomic mass is 10.0. The van der Waals surface area contributed by atoms with Crippen LogP contribution in [0.15, 0.2) is 18.2 Å². The summed E-state index contributed by atoms with van der Waals surface area (Å²) >= 11 is 0. The molecule has 1 aromatic carbocycles. The summed E-state index contributed by atoms with van der Waals surface area (Å²) in [7, 11) is 1.80. The van der Waals surface area contributed by atoms with Gasteiger partial charge in [-0.15, -0.1) is 0 Å². The van der Waals surface area contributed by atoms with E-state index in [1.165, 1.54) is 17.5 Å². The summed E-state index contributed by atoms with van der Waals surface area (Å²) in [5.74, 6) is 0.0278. The molecule has 0 saturated heterocycles. The van der Waals surface area contributed by atoms with Gasteiger partial charge in [0.25, 0.3) is 5.91 Å². The van der Waals surface area contributed by atoms with Crippen LogP contribution in [0.5, 0.6) is 0 Å². The van der Waals surface area contributed by atoms with Crippen molar-refractivity contribution in [3.8, 4) is 0 Å². The SMILES string of the molecule is CN(CC1(O)CCCC1)C(=O)c1ccc2c(c1)CCC2. The number of likely N-dealkylation sites (N-methyl/N-ethyl adjacent to an activating group) is 1. The second-order valence-corrected chi connectivity index (χ2v) is 6.43. The summed E-state index contributed by atoms with van der Waals surface area (Å²) < 4.78 is 0. The third-order valence-corrected chi connectivity index (χ3v) is 4.76. The van der Waals surface area contributed by atoms with Crippen LogP contribution in [0.1, 0.15) is 53.6 Å². The summed E-state index contributed by atoms with van der Waals surface area (Å²) in [5.41, 5.74) is 2.80. The molecule has 20 heavy (non-hydrogen) atoms. The summed E-state index contributed by atoms with van der Waals surface area (Å²) in [5, 5.41) is 10.4. The highest BCUT2D eigenvalue weighted by molar-refractivity contribution is 5.94. The van der Waals surface area contributed by atoms with Crippen LogP contribution in [0.25, 0.3) is 0 Å². The van der Waals surface area contributed by atoms with E-state index in [0.717, 1.165) is 44.1 Å². The number of hydrogen-bond donors (Lipinski definition) is 1. The van der Waals surface area contributed by atoms with Crippen LogP contribution < -0.4 is 0 Å². The van der Waals surface area contributed by atoms with Crippen molar-refractivity contribution in [2.45, 2.75) is 50.5 Å². The van der Waals surface area contributed by atoms with Crippen molar-refractivity contribution in [3.63, 3.8) is 0 Å². The van der Waals surface area contributed by atoms with E-state index >= 15 is 0 Å². The first-order valence-electron chi connectivity index (χ1n) is 7.67. The Morgan fingerprint density at radius 2 is 1.90 bits per heavy atom. The molecule has 1 fully saturated rings. The molecule has 0 aromatic heterocycles. The van der Waals surface area contributed by atoms with Crippen molar-refractivity contribution >= 4 is 5.91 Å². The maximum absolute atomic E-state index is 12.5. The Labute approximate surface area is 120 Å². The van der Waals surface area contributed by atoms with Gasteiger partial charge >= 0.3 is 0 Å². The zero-order valence-electron chi connectivity index (χ0n) is 12.2. The number of amides is 1. The molecule has 0 radical (unpaired) electrons. The van der Waals surface area contributed by atoms with E-state index < -0.39 is 5.60 Å². The van der Waals surface area contributed by atoms with Gasteiger partial charge in [0.1, 0.15) is 0 Å². The predicted molar refractivity (Wildman–Crippen MR) is 78.8 cm³/mol. The monoisotopic (exact) mass is 273 g/mol. The summed E-state index contributed by atoms with van der Waals surface area (Å²) in [4.78, 5) is 14.2. The lowest BCUT2D eigenvalue weighted by molar-refractivity contribution is 0.0157. The van der Waals surface area contributed by atoms with E-state index in [9.17, 15) is 9.90 Å². The molecule has 2 aliphatic rings. The highest BCUT2D eigenvalue weighted by Crippen LogP contribution is 2.30. The second-order valence-electron chi connectivity index (χ2n) is 6.43. The molecule has 3 rings (SSSR count). The Morgan fingerprint density at radius 1 is 1.20 bits per heavy atom. The Balaban J connectivity index is 1.71. The van der Waals surface area contributed by atoms with Crippen LogP contribution in [0.4, 0.5) is 0 Å². The Kier molecular flexibility index (Phi) is 3.55. The van der Waals surface area contributed by atoms with E-state index in [2.05, 4.69) is 6.07 Å². The van der Waals surface area contributed by atoms with Crippen molar-refractivity contribution in [2.24, 2.45) is 0 Å². The van der Waals surface area contributed by atoms with Crippen LogP contribution in [0.2, 0.25) is 0 Å². The average Bonchev–Trinajstić information content (AvgIpc) is 3.05. The van der Waals surface area contributed by atoms with Crippen molar-refractivity contribution in [2.75, 3.05) is 13.6 Å². The number of aryl methyl sites for hydroxylation is 2. The average molecular weight is 273 g/mol. The zero-order valence-corrected chi connectivity index (χ0v) is 12.2. The molecule has 0 spiro atoms. The number of nitrogens with zero attached hydrogens (tertiary/aromatic N) is 1. The Morgan fingerprint density at radius 3 is 2.65 bits per heavy atom. The van der Waals surface area contributed by atoms with Gasteiger partial charge in [-0.2, -0.15) is 0 Å². The number of aliphatic hydroxyl groups is 1. The van der Waals surface area contributed by atoms with Crippen molar-refractivity contribution in [1.82, 2.24) is 4.90 Å². The standard InChI is InChI=1S/C17H23NO2/c1-18(12-17(20)9-2-3-10-17)16(19)15-8-7-13-5-4-6-14(13)11-15/h7-8,11,20H,2-6,9-10,12H2,1H3. The normalized spacial score (nSPS) is 19.9. The minimum absolute atomic E-state index is 0.0278. The molecule has 2 aliphatic carbocycles. The molecule has 1 amide bonds. The zero-order chi connectivity index (χ0) is 14.2.